The van der Waals surface area contributed by atoms with Gasteiger partial charge in [0.1, 0.15) is 5.60 Å². The van der Waals surface area contributed by atoms with Crippen LogP contribution in [0.5, 0.6) is 0 Å². The molecule has 2 amide bonds. The largest absolute Gasteiger partial charge is 0.460 e. The van der Waals surface area contributed by atoms with Crippen molar-refractivity contribution in [3.05, 3.63) is 35.4 Å². The Kier molecular flexibility index (Phi) is 12.4. The van der Waals surface area contributed by atoms with E-state index in [0.717, 1.165) is 23.1 Å². The van der Waals surface area contributed by atoms with Crippen LogP contribution in [0.2, 0.25) is 0 Å². The van der Waals surface area contributed by atoms with E-state index in [-0.39, 0.29) is 38.0 Å². The Hall–Kier alpha value is -3.44. The van der Waals surface area contributed by atoms with Crippen LogP contribution in [0.3, 0.4) is 0 Å². The van der Waals surface area contributed by atoms with E-state index in [1.807, 2.05) is 0 Å². The lowest BCUT2D eigenvalue weighted by molar-refractivity contribution is -0.462. The molecule has 0 atom stereocenters. The van der Waals surface area contributed by atoms with Crippen molar-refractivity contribution in [2.75, 3.05) is 13.1 Å². The summed E-state index contributed by atoms with van der Waals surface area (Å²) >= 11 is 0. The summed E-state index contributed by atoms with van der Waals surface area (Å²) in [5, 5.41) is 2.39. The number of likely N-dealkylation sites (tertiary alicyclic amines) is 1. The molecule has 1 aromatic carbocycles. The van der Waals surface area contributed by atoms with Gasteiger partial charge in [-0.1, -0.05) is 12.1 Å². The molecule has 1 heterocycles. The Balaban J connectivity index is 2.07. The number of nitrogens with zero attached hydrogens (tertiary/aromatic N) is 1. The SMILES string of the molecule is CC(C)(CCC(F)(F)C(F)(F)C(F)(F)C(F)(F)C(F)(F)C(F)(F)C(F)(F)C(F)(F)F)OC(=O)N1CCC(C(=O)NCc2cccc(C(F)(F)F)c2)CC1. The van der Waals surface area contributed by atoms with Crippen molar-refractivity contribution < 1.29 is 102 Å². The minimum absolute atomic E-state index is 0.0854. The van der Waals surface area contributed by atoms with Gasteiger partial charge in [0.25, 0.3) is 0 Å². The van der Waals surface area contributed by atoms with Crippen LogP contribution in [-0.2, 0) is 22.3 Å². The normalized spacial score (nSPS) is 16.8. The second-order valence-corrected chi connectivity index (χ2v) is 12.5. The maximum absolute atomic E-state index is 14.4. The number of carbonyl (C=O) groups excluding carboxylic acids is 2. The summed E-state index contributed by atoms with van der Waals surface area (Å²) in [6, 6.07) is 3.96. The van der Waals surface area contributed by atoms with Gasteiger partial charge < -0.3 is 15.0 Å². The fraction of sp³-hybridized carbons (Fsp3) is 0.714. The predicted octanol–water partition coefficient (Wildman–Crippen LogP) is 9.74. The minimum Gasteiger partial charge on any atom is -0.443 e. The number of carbonyl (C=O) groups is 2. The predicted molar refractivity (Wildman–Crippen MR) is 138 cm³/mol. The zero-order valence-electron chi connectivity index (χ0n) is 26.6. The lowest BCUT2D eigenvalue weighted by Gasteiger charge is -2.43. The van der Waals surface area contributed by atoms with Crippen molar-refractivity contribution in [3.8, 4) is 0 Å². The van der Waals surface area contributed by atoms with Crippen LogP contribution < -0.4 is 5.32 Å². The molecule has 306 valence electrons. The van der Waals surface area contributed by atoms with Crippen molar-refractivity contribution in [1.29, 1.82) is 0 Å². The quantitative estimate of drug-likeness (QED) is 0.202. The lowest BCUT2D eigenvalue weighted by atomic mass is 9.87. The number of halogens is 20. The molecule has 1 N–H and O–H groups in total. The summed E-state index contributed by atoms with van der Waals surface area (Å²) in [5.41, 5.74) is -3.33. The molecule has 0 unspecified atom stereocenters. The van der Waals surface area contributed by atoms with Gasteiger partial charge in [0.05, 0.1) is 5.56 Å². The van der Waals surface area contributed by atoms with E-state index in [9.17, 15) is 97.4 Å². The first-order valence-electron chi connectivity index (χ1n) is 14.5. The zero-order valence-corrected chi connectivity index (χ0v) is 26.6. The number of hydrogen-bond acceptors (Lipinski definition) is 3. The molecule has 1 aromatic rings. The Morgan fingerprint density at radius 2 is 1.13 bits per heavy atom. The lowest BCUT2D eigenvalue weighted by Crippen LogP contribution is -2.74. The van der Waals surface area contributed by atoms with Crippen molar-refractivity contribution in [2.45, 2.75) is 105 Å². The second-order valence-electron chi connectivity index (χ2n) is 12.5. The molecule has 1 saturated heterocycles. The molecular weight excluding hydrogens is 792 g/mol. The Morgan fingerprint density at radius 3 is 1.58 bits per heavy atom. The number of hydrogen-bond donors (Lipinski definition) is 1. The maximum atomic E-state index is 14.4. The summed E-state index contributed by atoms with van der Waals surface area (Å²) in [6.45, 7) is 0.355. The first-order chi connectivity index (χ1) is 23.4. The van der Waals surface area contributed by atoms with Crippen LogP contribution in [-0.4, -0.2) is 83.2 Å². The van der Waals surface area contributed by atoms with Gasteiger partial charge in [-0.2, -0.15) is 87.8 Å². The molecule has 0 saturated carbocycles. The third-order valence-corrected chi connectivity index (χ3v) is 8.04. The molecule has 1 fully saturated rings. The fourth-order valence-electron chi connectivity index (χ4n) is 4.68. The highest BCUT2D eigenvalue weighted by Crippen LogP contribution is 2.64. The van der Waals surface area contributed by atoms with Crippen LogP contribution in [0, 0.1) is 5.92 Å². The summed E-state index contributed by atoms with van der Waals surface area (Å²) in [7, 11) is 0. The van der Waals surface area contributed by atoms with Crippen molar-refractivity contribution in [3.63, 3.8) is 0 Å². The van der Waals surface area contributed by atoms with E-state index in [1.165, 1.54) is 6.07 Å². The molecule has 5 nitrogen and oxygen atoms in total. The first-order valence-corrected chi connectivity index (χ1v) is 14.5. The molecule has 1 aliphatic heterocycles. The number of amides is 2. The van der Waals surface area contributed by atoms with Gasteiger partial charge in [-0.3, -0.25) is 4.79 Å². The molecule has 25 heteroatoms. The van der Waals surface area contributed by atoms with Crippen LogP contribution in [0.1, 0.15) is 50.7 Å². The number of ether oxygens (including phenoxy) is 1. The third kappa shape index (κ3) is 8.61. The average molecular weight is 818 g/mol. The van der Waals surface area contributed by atoms with E-state index in [2.05, 4.69) is 5.32 Å². The number of alkyl halides is 20. The summed E-state index contributed by atoms with van der Waals surface area (Å²) in [5.74, 6) is -58.8. The third-order valence-electron chi connectivity index (χ3n) is 8.04. The van der Waals surface area contributed by atoms with Gasteiger partial charge in [0.2, 0.25) is 5.91 Å². The fourth-order valence-corrected chi connectivity index (χ4v) is 4.68. The summed E-state index contributed by atoms with van der Waals surface area (Å²) in [4.78, 5) is 25.8. The Labute approximate surface area is 285 Å². The molecule has 53 heavy (non-hydrogen) atoms. The number of piperidine rings is 1. The number of benzene rings is 1. The second kappa shape index (κ2) is 14.3. The van der Waals surface area contributed by atoms with Crippen molar-refractivity contribution in [1.82, 2.24) is 10.2 Å². The summed E-state index contributed by atoms with van der Waals surface area (Å²) < 4.78 is 273. The van der Waals surface area contributed by atoms with E-state index in [0.29, 0.717) is 13.8 Å². The van der Waals surface area contributed by atoms with Gasteiger partial charge in [0, 0.05) is 32.0 Å². The monoisotopic (exact) mass is 818 g/mol. The maximum Gasteiger partial charge on any atom is 0.460 e. The van der Waals surface area contributed by atoms with E-state index < -0.39 is 95.7 Å². The molecule has 1 aliphatic rings. The highest BCUT2D eigenvalue weighted by atomic mass is 19.4. The molecule has 0 aliphatic carbocycles. The smallest absolute Gasteiger partial charge is 0.443 e. The van der Waals surface area contributed by atoms with Gasteiger partial charge in [0.15, 0.2) is 0 Å². The summed E-state index contributed by atoms with van der Waals surface area (Å²) in [6.07, 6.45) is -18.7. The minimum atomic E-state index is -8.74. The van der Waals surface area contributed by atoms with Crippen LogP contribution in [0.25, 0.3) is 0 Å². The average Bonchev–Trinajstić information content (AvgIpc) is 3.01. The van der Waals surface area contributed by atoms with E-state index >= 15 is 0 Å². The van der Waals surface area contributed by atoms with Gasteiger partial charge >= 0.3 is 59.9 Å². The Bertz CT molecular complexity index is 1460. The van der Waals surface area contributed by atoms with E-state index in [4.69, 9.17) is 4.74 Å². The van der Waals surface area contributed by atoms with Crippen molar-refractivity contribution >= 4 is 12.0 Å². The molecule has 2 rings (SSSR count). The molecule has 0 radical (unpaired) electrons. The highest BCUT2D eigenvalue weighted by molar-refractivity contribution is 5.79. The van der Waals surface area contributed by atoms with Crippen LogP contribution >= 0.6 is 0 Å². The number of rotatable bonds is 13. The van der Waals surface area contributed by atoms with Gasteiger partial charge in [-0.05, 0) is 50.8 Å². The van der Waals surface area contributed by atoms with Crippen LogP contribution in [0.4, 0.5) is 92.6 Å². The number of nitrogens with one attached hydrogen (secondary N) is 1. The molecule has 0 spiro atoms. The first kappa shape index (κ1) is 45.7. The standard InChI is InChI=1S/C28H26F20N2O3/c1-19(2,53-18(52)50-10-6-15(7-11-50)17(51)49-13-14-4-3-5-16(12-14)21(31,32)33)8-9-20(29,30)22(34,35)23(36,37)24(38,39)25(40,41)26(42,43)27(44,45)28(46,47)48/h3-5,12,15H,6-11,13H2,1-2H3,(H,49,51). The van der Waals surface area contributed by atoms with Crippen LogP contribution in [0.15, 0.2) is 24.3 Å². The zero-order chi connectivity index (χ0) is 41.7. The Morgan fingerprint density at radius 1 is 0.679 bits per heavy atom. The molecule has 0 aromatic heterocycles. The van der Waals surface area contributed by atoms with Crippen molar-refractivity contribution in [2.24, 2.45) is 5.92 Å². The van der Waals surface area contributed by atoms with Gasteiger partial charge in [-0.15, -0.1) is 0 Å². The molecular formula is C28H26F20N2O3. The van der Waals surface area contributed by atoms with E-state index in [1.54, 1.807) is 0 Å². The topological polar surface area (TPSA) is 58.6 Å². The molecule has 0 bridgehead atoms. The highest BCUT2D eigenvalue weighted by Gasteiger charge is 2.95. The van der Waals surface area contributed by atoms with Gasteiger partial charge in [-0.25, -0.2) is 4.79 Å².